The van der Waals surface area contributed by atoms with Gasteiger partial charge < -0.3 is 5.73 Å². The van der Waals surface area contributed by atoms with E-state index in [1.54, 1.807) is 12.1 Å². The lowest BCUT2D eigenvalue weighted by atomic mass is 10.2. The summed E-state index contributed by atoms with van der Waals surface area (Å²) in [6, 6.07) is 7.20. The molecule has 1 aliphatic rings. The van der Waals surface area contributed by atoms with E-state index in [0.717, 1.165) is 12.8 Å². The molecular formula is C12H11ClN4O. The van der Waals surface area contributed by atoms with Crippen molar-refractivity contribution in [1.82, 2.24) is 14.8 Å². The molecule has 6 heteroatoms. The third-order valence-electron chi connectivity index (χ3n) is 2.88. The molecule has 18 heavy (non-hydrogen) atoms. The zero-order valence-corrected chi connectivity index (χ0v) is 10.3. The van der Waals surface area contributed by atoms with Gasteiger partial charge in [0.25, 0.3) is 5.91 Å². The molecule has 0 aliphatic heterocycles. The Morgan fingerprint density at radius 2 is 2.11 bits per heavy atom. The lowest BCUT2D eigenvalue weighted by molar-refractivity contribution is 0.0873. The van der Waals surface area contributed by atoms with Crippen molar-refractivity contribution in [2.45, 2.75) is 12.8 Å². The lowest BCUT2D eigenvalue weighted by Crippen LogP contribution is -2.16. The monoisotopic (exact) mass is 262 g/mol. The van der Waals surface area contributed by atoms with Crippen LogP contribution in [0.25, 0.3) is 11.4 Å². The summed E-state index contributed by atoms with van der Waals surface area (Å²) in [6.45, 7) is 0. The van der Waals surface area contributed by atoms with Crippen LogP contribution in [0, 0.1) is 5.92 Å². The van der Waals surface area contributed by atoms with Crippen molar-refractivity contribution in [1.29, 1.82) is 0 Å². The molecule has 0 bridgehead atoms. The molecule has 0 radical (unpaired) electrons. The first-order valence-corrected chi connectivity index (χ1v) is 6.06. The number of rotatable bonds is 2. The van der Waals surface area contributed by atoms with Crippen LogP contribution in [0.5, 0.6) is 0 Å². The van der Waals surface area contributed by atoms with Crippen LogP contribution in [0.4, 0.5) is 5.95 Å². The average molecular weight is 263 g/mol. The van der Waals surface area contributed by atoms with Crippen LogP contribution in [0.1, 0.15) is 17.6 Å². The Balaban J connectivity index is 2.02. The Morgan fingerprint density at radius 1 is 1.39 bits per heavy atom. The maximum atomic E-state index is 11.9. The molecule has 1 fully saturated rings. The SMILES string of the molecule is Nc1nc(-c2ccccc2Cl)nn1C(=O)C1CC1. The molecule has 1 heterocycles. The molecule has 0 atom stereocenters. The first-order chi connectivity index (χ1) is 8.66. The second kappa shape index (κ2) is 4.10. The summed E-state index contributed by atoms with van der Waals surface area (Å²) in [5.41, 5.74) is 6.39. The van der Waals surface area contributed by atoms with Gasteiger partial charge in [-0.2, -0.15) is 9.67 Å². The largest absolute Gasteiger partial charge is 0.368 e. The Hall–Kier alpha value is -1.88. The Bertz CT molecular complexity index is 618. The minimum absolute atomic E-state index is 0.0492. The number of aromatic nitrogens is 3. The molecule has 2 N–H and O–H groups in total. The van der Waals surface area contributed by atoms with Crippen LogP contribution in [0.3, 0.4) is 0 Å². The molecular weight excluding hydrogens is 252 g/mol. The van der Waals surface area contributed by atoms with Gasteiger partial charge in [-0.25, -0.2) is 0 Å². The molecule has 1 aromatic heterocycles. The fraction of sp³-hybridized carbons (Fsp3) is 0.250. The summed E-state index contributed by atoms with van der Waals surface area (Å²) in [5, 5.41) is 4.68. The molecule has 0 unspecified atom stereocenters. The molecule has 2 aromatic rings. The maximum Gasteiger partial charge on any atom is 0.253 e. The minimum atomic E-state index is -0.0849. The van der Waals surface area contributed by atoms with E-state index in [-0.39, 0.29) is 17.8 Å². The van der Waals surface area contributed by atoms with E-state index in [9.17, 15) is 4.79 Å². The minimum Gasteiger partial charge on any atom is -0.368 e. The number of halogens is 1. The van der Waals surface area contributed by atoms with E-state index in [1.165, 1.54) is 4.68 Å². The van der Waals surface area contributed by atoms with Crippen molar-refractivity contribution in [3.05, 3.63) is 29.3 Å². The van der Waals surface area contributed by atoms with Crippen molar-refractivity contribution < 1.29 is 4.79 Å². The fourth-order valence-electron chi connectivity index (χ4n) is 1.75. The predicted molar refractivity (Wildman–Crippen MR) is 68.2 cm³/mol. The molecule has 92 valence electrons. The number of anilines is 1. The summed E-state index contributed by atoms with van der Waals surface area (Å²) in [7, 11) is 0. The second-order valence-corrected chi connectivity index (χ2v) is 4.70. The fourth-order valence-corrected chi connectivity index (χ4v) is 1.97. The van der Waals surface area contributed by atoms with Crippen molar-refractivity contribution >= 4 is 23.5 Å². The predicted octanol–water partition coefficient (Wildman–Crippen LogP) is 2.23. The summed E-state index contributed by atoms with van der Waals surface area (Å²) < 4.78 is 1.18. The van der Waals surface area contributed by atoms with Crippen molar-refractivity contribution in [2.75, 3.05) is 5.73 Å². The van der Waals surface area contributed by atoms with Gasteiger partial charge in [-0.1, -0.05) is 23.7 Å². The van der Waals surface area contributed by atoms with Crippen LogP contribution in [-0.2, 0) is 0 Å². The Kier molecular flexibility index (Phi) is 2.56. The van der Waals surface area contributed by atoms with Gasteiger partial charge in [-0.15, -0.1) is 5.10 Å². The number of nitrogens with two attached hydrogens (primary N) is 1. The van der Waals surface area contributed by atoms with Crippen molar-refractivity contribution in [3.63, 3.8) is 0 Å². The number of carbonyl (C=O) groups is 1. The van der Waals surface area contributed by atoms with E-state index < -0.39 is 0 Å². The molecule has 3 rings (SSSR count). The van der Waals surface area contributed by atoms with Crippen LogP contribution < -0.4 is 5.73 Å². The third kappa shape index (κ3) is 1.86. The Morgan fingerprint density at radius 3 is 2.78 bits per heavy atom. The van der Waals surface area contributed by atoms with E-state index in [0.29, 0.717) is 16.4 Å². The van der Waals surface area contributed by atoms with E-state index in [2.05, 4.69) is 10.1 Å². The molecule has 1 saturated carbocycles. The number of carbonyl (C=O) groups excluding carboxylic acids is 1. The zero-order valence-electron chi connectivity index (χ0n) is 9.51. The number of nitrogen functional groups attached to an aromatic ring is 1. The van der Waals surface area contributed by atoms with Gasteiger partial charge in [-0.05, 0) is 25.0 Å². The van der Waals surface area contributed by atoms with Crippen LogP contribution in [-0.4, -0.2) is 20.7 Å². The van der Waals surface area contributed by atoms with Gasteiger partial charge in [0, 0.05) is 11.5 Å². The average Bonchev–Trinajstić information content (AvgIpc) is 3.13. The molecule has 0 saturated heterocycles. The maximum absolute atomic E-state index is 11.9. The van der Waals surface area contributed by atoms with Crippen LogP contribution in [0.2, 0.25) is 5.02 Å². The number of hydrogen-bond donors (Lipinski definition) is 1. The molecule has 1 aliphatic carbocycles. The second-order valence-electron chi connectivity index (χ2n) is 4.30. The Labute approximate surface area is 109 Å². The topological polar surface area (TPSA) is 73.8 Å². The molecule has 0 spiro atoms. The number of benzene rings is 1. The smallest absolute Gasteiger partial charge is 0.253 e. The van der Waals surface area contributed by atoms with Gasteiger partial charge in [0.15, 0.2) is 5.82 Å². The summed E-state index contributed by atoms with van der Waals surface area (Å²) in [5.74, 6) is 0.459. The standard InChI is InChI=1S/C12H11ClN4O/c13-9-4-2-1-3-8(9)10-15-12(14)17(16-10)11(18)7-5-6-7/h1-4,7H,5-6H2,(H2,14,15,16). The molecule has 0 amide bonds. The normalized spacial score (nSPS) is 14.7. The summed E-state index contributed by atoms with van der Waals surface area (Å²) in [4.78, 5) is 16.0. The lowest BCUT2D eigenvalue weighted by Gasteiger charge is -1.98. The highest BCUT2D eigenvalue weighted by molar-refractivity contribution is 6.33. The van der Waals surface area contributed by atoms with Crippen LogP contribution in [0.15, 0.2) is 24.3 Å². The highest BCUT2D eigenvalue weighted by Crippen LogP contribution is 2.32. The highest BCUT2D eigenvalue weighted by Gasteiger charge is 2.33. The van der Waals surface area contributed by atoms with Gasteiger partial charge >= 0.3 is 0 Å². The quantitative estimate of drug-likeness (QED) is 0.901. The summed E-state index contributed by atoms with van der Waals surface area (Å²) >= 11 is 6.06. The highest BCUT2D eigenvalue weighted by atomic mass is 35.5. The first kappa shape index (κ1) is 11.2. The first-order valence-electron chi connectivity index (χ1n) is 5.68. The van der Waals surface area contributed by atoms with Crippen molar-refractivity contribution in [3.8, 4) is 11.4 Å². The zero-order chi connectivity index (χ0) is 12.7. The number of hydrogen-bond acceptors (Lipinski definition) is 4. The molecule has 5 nitrogen and oxygen atoms in total. The van der Waals surface area contributed by atoms with E-state index >= 15 is 0 Å². The van der Waals surface area contributed by atoms with Gasteiger partial charge in [0.05, 0.1) is 5.02 Å². The van der Waals surface area contributed by atoms with Crippen molar-refractivity contribution in [2.24, 2.45) is 5.92 Å². The molecule has 1 aromatic carbocycles. The third-order valence-corrected chi connectivity index (χ3v) is 3.21. The van der Waals surface area contributed by atoms with Gasteiger partial charge in [0.1, 0.15) is 0 Å². The van der Waals surface area contributed by atoms with E-state index in [1.807, 2.05) is 12.1 Å². The van der Waals surface area contributed by atoms with Gasteiger partial charge in [0.2, 0.25) is 5.95 Å². The number of nitrogens with zero attached hydrogens (tertiary/aromatic N) is 3. The summed E-state index contributed by atoms with van der Waals surface area (Å²) in [6.07, 6.45) is 1.80. The van der Waals surface area contributed by atoms with Crippen LogP contribution >= 0.6 is 11.6 Å². The van der Waals surface area contributed by atoms with Gasteiger partial charge in [-0.3, -0.25) is 4.79 Å². The van der Waals surface area contributed by atoms with E-state index in [4.69, 9.17) is 17.3 Å².